The standard InChI is InChI=1S/C21H20FN3O2/c1-25-14-13-23-21(25)20(16-6-10-18(27-2)11-7-16)24-19(26)12-5-15-3-8-17(22)9-4-15/h3-14,20H,1-2H3,(H,24,26). The zero-order valence-electron chi connectivity index (χ0n) is 15.1. The Hall–Kier alpha value is -3.41. The topological polar surface area (TPSA) is 56.1 Å². The smallest absolute Gasteiger partial charge is 0.244 e. The largest absolute Gasteiger partial charge is 0.497 e. The van der Waals surface area contributed by atoms with E-state index in [1.54, 1.807) is 31.5 Å². The summed E-state index contributed by atoms with van der Waals surface area (Å²) < 4.78 is 20.0. The summed E-state index contributed by atoms with van der Waals surface area (Å²) in [5.41, 5.74) is 1.62. The molecule has 0 aliphatic carbocycles. The summed E-state index contributed by atoms with van der Waals surface area (Å²) in [5.74, 6) is 0.859. The molecule has 0 fully saturated rings. The average Bonchev–Trinajstić information content (AvgIpc) is 3.11. The minimum Gasteiger partial charge on any atom is -0.497 e. The van der Waals surface area contributed by atoms with Gasteiger partial charge in [-0.05, 0) is 41.5 Å². The molecule has 0 saturated heterocycles. The fourth-order valence-corrected chi connectivity index (χ4v) is 2.68. The van der Waals surface area contributed by atoms with Crippen LogP contribution in [0.4, 0.5) is 4.39 Å². The molecule has 1 amide bonds. The number of hydrogen-bond acceptors (Lipinski definition) is 3. The lowest BCUT2D eigenvalue weighted by atomic mass is 10.1. The van der Waals surface area contributed by atoms with Crippen molar-refractivity contribution in [3.8, 4) is 5.75 Å². The van der Waals surface area contributed by atoms with Gasteiger partial charge in [-0.3, -0.25) is 4.79 Å². The van der Waals surface area contributed by atoms with Gasteiger partial charge in [-0.15, -0.1) is 0 Å². The second kappa shape index (κ2) is 8.31. The van der Waals surface area contributed by atoms with Gasteiger partial charge in [0.05, 0.1) is 7.11 Å². The van der Waals surface area contributed by atoms with E-state index >= 15 is 0 Å². The highest BCUT2D eigenvalue weighted by Gasteiger charge is 2.19. The lowest BCUT2D eigenvalue weighted by Crippen LogP contribution is -2.29. The van der Waals surface area contributed by atoms with E-state index in [1.807, 2.05) is 42.1 Å². The fraction of sp³-hybridized carbons (Fsp3) is 0.143. The number of rotatable bonds is 6. The molecule has 6 heteroatoms. The number of halogens is 1. The van der Waals surface area contributed by atoms with E-state index in [1.165, 1.54) is 18.2 Å². The van der Waals surface area contributed by atoms with Crippen molar-refractivity contribution >= 4 is 12.0 Å². The number of nitrogens with zero attached hydrogens (tertiary/aromatic N) is 2. The van der Waals surface area contributed by atoms with E-state index in [0.717, 1.165) is 16.9 Å². The summed E-state index contributed by atoms with van der Waals surface area (Å²) in [6.45, 7) is 0. The van der Waals surface area contributed by atoms with Gasteiger partial charge in [0, 0.05) is 25.5 Å². The van der Waals surface area contributed by atoms with Crippen LogP contribution < -0.4 is 10.1 Å². The first kappa shape index (κ1) is 18.4. The van der Waals surface area contributed by atoms with Crippen LogP contribution in [0.3, 0.4) is 0 Å². The molecule has 2 aromatic carbocycles. The number of carbonyl (C=O) groups is 1. The van der Waals surface area contributed by atoms with Crippen molar-refractivity contribution in [2.24, 2.45) is 7.05 Å². The molecule has 0 spiro atoms. The molecule has 1 heterocycles. The number of amides is 1. The number of ether oxygens (including phenoxy) is 1. The van der Waals surface area contributed by atoms with Crippen molar-refractivity contribution in [2.75, 3.05) is 7.11 Å². The molecule has 138 valence electrons. The van der Waals surface area contributed by atoms with Crippen molar-refractivity contribution < 1.29 is 13.9 Å². The highest BCUT2D eigenvalue weighted by Crippen LogP contribution is 2.23. The maximum absolute atomic E-state index is 13.0. The Labute approximate surface area is 157 Å². The van der Waals surface area contributed by atoms with Gasteiger partial charge in [-0.25, -0.2) is 9.37 Å². The van der Waals surface area contributed by atoms with E-state index in [0.29, 0.717) is 5.82 Å². The van der Waals surface area contributed by atoms with E-state index < -0.39 is 6.04 Å². The van der Waals surface area contributed by atoms with Crippen LogP contribution in [0.5, 0.6) is 5.75 Å². The normalized spacial score (nSPS) is 12.1. The van der Waals surface area contributed by atoms with Crippen molar-refractivity contribution in [1.29, 1.82) is 0 Å². The first-order valence-electron chi connectivity index (χ1n) is 8.42. The van der Waals surface area contributed by atoms with Crippen molar-refractivity contribution in [3.63, 3.8) is 0 Å². The predicted octanol–water partition coefficient (Wildman–Crippen LogP) is 3.49. The number of methoxy groups -OCH3 is 1. The minimum absolute atomic E-state index is 0.275. The average molecular weight is 365 g/mol. The Bertz CT molecular complexity index is 931. The Balaban J connectivity index is 1.81. The van der Waals surface area contributed by atoms with Crippen LogP contribution in [0, 0.1) is 5.82 Å². The van der Waals surface area contributed by atoms with Crippen molar-refractivity contribution in [3.05, 3.63) is 89.8 Å². The molecule has 1 N–H and O–H groups in total. The number of hydrogen-bond donors (Lipinski definition) is 1. The first-order valence-corrected chi connectivity index (χ1v) is 8.42. The molecule has 5 nitrogen and oxygen atoms in total. The van der Waals surface area contributed by atoms with Crippen molar-refractivity contribution in [1.82, 2.24) is 14.9 Å². The van der Waals surface area contributed by atoms with Gasteiger partial charge in [0.25, 0.3) is 0 Å². The van der Waals surface area contributed by atoms with E-state index in [2.05, 4.69) is 10.3 Å². The summed E-state index contributed by atoms with van der Waals surface area (Å²) in [7, 11) is 3.48. The molecule has 1 atom stereocenters. The second-order valence-corrected chi connectivity index (χ2v) is 6.00. The van der Waals surface area contributed by atoms with E-state index in [4.69, 9.17) is 4.74 Å². The third kappa shape index (κ3) is 4.61. The van der Waals surface area contributed by atoms with Gasteiger partial charge < -0.3 is 14.6 Å². The summed E-state index contributed by atoms with van der Waals surface area (Å²) >= 11 is 0. The maximum Gasteiger partial charge on any atom is 0.244 e. The first-order chi connectivity index (χ1) is 13.1. The minimum atomic E-state index is -0.415. The van der Waals surface area contributed by atoms with Crippen LogP contribution in [0.2, 0.25) is 0 Å². The summed E-state index contributed by atoms with van der Waals surface area (Å²) in [6, 6.07) is 13.0. The maximum atomic E-state index is 13.0. The monoisotopic (exact) mass is 365 g/mol. The summed E-state index contributed by atoms with van der Waals surface area (Å²) in [4.78, 5) is 16.8. The number of benzene rings is 2. The van der Waals surface area contributed by atoms with Gasteiger partial charge in [-0.2, -0.15) is 0 Å². The highest BCUT2D eigenvalue weighted by molar-refractivity contribution is 5.92. The van der Waals surface area contributed by atoms with Crippen molar-refractivity contribution in [2.45, 2.75) is 6.04 Å². The van der Waals surface area contributed by atoms with Gasteiger partial charge in [0.1, 0.15) is 23.4 Å². The number of carbonyl (C=O) groups excluding carboxylic acids is 1. The Morgan fingerprint density at radius 2 is 1.89 bits per heavy atom. The predicted molar refractivity (Wildman–Crippen MR) is 102 cm³/mol. The quantitative estimate of drug-likeness (QED) is 0.681. The highest BCUT2D eigenvalue weighted by atomic mass is 19.1. The number of aromatic nitrogens is 2. The number of aryl methyl sites for hydroxylation is 1. The Kier molecular flexibility index (Phi) is 5.66. The number of imidazole rings is 1. The van der Waals surface area contributed by atoms with E-state index in [9.17, 15) is 9.18 Å². The summed E-state index contributed by atoms with van der Waals surface area (Å²) in [6.07, 6.45) is 6.57. The second-order valence-electron chi connectivity index (χ2n) is 6.00. The molecular weight excluding hydrogens is 345 g/mol. The van der Waals surface area contributed by atoms with Crippen LogP contribution in [0.15, 0.2) is 67.0 Å². The van der Waals surface area contributed by atoms with Gasteiger partial charge in [0.15, 0.2) is 0 Å². The molecule has 3 rings (SSSR count). The molecule has 0 bridgehead atoms. The van der Waals surface area contributed by atoms with Gasteiger partial charge in [-0.1, -0.05) is 24.3 Å². The van der Waals surface area contributed by atoms with Crippen LogP contribution >= 0.6 is 0 Å². The Morgan fingerprint density at radius 1 is 1.19 bits per heavy atom. The fourth-order valence-electron chi connectivity index (χ4n) is 2.68. The zero-order valence-corrected chi connectivity index (χ0v) is 15.1. The lowest BCUT2D eigenvalue weighted by molar-refractivity contribution is -0.117. The number of nitrogens with one attached hydrogen (secondary N) is 1. The molecule has 0 aliphatic rings. The molecule has 3 aromatic rings. The lowest BCUT2D eigenvalue weighted by Gasteiger charge is -2.18. The molecule has 1 unspecified atom stereocenters. The molecule has 1 aromatic heterocycles. The van der Waals surface area contributed by atoms with E-state index in [-0.39, 0.29) is 11.7 Å². The SMILES string of the molecule is COc1ccc(C(NC(=O)C=Cc2ccc(F)cc2)c2nccn2C)cc1. The van der Waals surface area contributed by atoms with Crippen LogP contribution in [0.1, 0.15) is 23.0 Å². The van der Waals surface area contributed by atoms with Crippen LogP contribution in [0.25, 0.3) is 6.08 Å². The molecule has 0 saturated carbocycles. The molecule has 27 heavy (non-hydrogen) atoms. The third-order valence-electron chi connectivity index (χ3n) is 4.15. The zero-order chi connectivity index (χ0) is 19.2. The van der Waals surface area contributed by atoms with Gasteiger partial charge in [0.2, 0.25) is 5.91 Å². The summed E-state index contributed by atoms with van der Waals surface area (Å²) in [5, 5.41) is 2.97. The third-order valence-corrected chi connectivity index (χ3v) is 4.15. The molecular formula is C21H20FN3O2. The molecule has 0 aliphatic heterocycles. The van der Waals surface area contributed by atoms with Crippen LogP contribution in [-0.4, -0.2) is 22.6 Å². The Morgan fingerprint density at radius 3 is 2.48 bits per heavy atom. The molecule has 0 radical (unpaired) electrons. The van der Waals surface area contributed by atoms with Crippen LogP contribution in [-0.2, 0) is 11.8 Å². The van der Waals surface area contributed by atoms with Gasteiger partial charge >= 0.3 is 0 Å².